The van der Waals surface area contributed by atoms with Gasteiger partial charge in [-0.15, -0.1) is 0 Å². The van der Waals surface area contributed by atoms with Crippen LogP contribution in [0.2, 0.25) is 0 Å². The topological polar surface area (TPSA) is 15.7 Å². The van der Waals surface area contributed by atoms with E-state index in [1.807, 2.05) is 0 Å². The first-order chi connectivity index (χ1) is 10.3. The molecule has 2 heterocycles. The second-order valence-corrected chi connectivity index (χ2v) is 6.41. The predicted molar refractivity (Wildman–Crippen MR) is 86.3 cm³/mol. The molecule has 2 aliphatic rings. The zero-order chi connectivity index (χ0) is 14.5. The Bertz CT molecular complexity index is 416. The third-order valence-electron chi connectivity index (χ3n) is 4.87. The zero-order valence-electron chi connectivity index (χ0n) is 13.2. The Kier molecular flexibility index (Phi) is 5.28. The van der Waals surface area contributed by atoms with Gasteiger partial charge in [-0.1, -0.05) is 37.3 Å². The standard InChI is InChI=1S/C18H28N2O/c1-2-17-14-19(15-18-9-6-12-21-18)10-11-20(17)13-16-7-4-3-5-8-16/h3-5,7-8,17-18H,2,6,9-15H2,1H3/t17-,18+/m1/s1. The van der Waals surface area contributed by atoms with E-state index in [0.29, 0.717) is 12.1 Å². The summed E-state index contributed by atoms with van der Waals surface area (Å²) in [7, 11) is 0. The van der Waals surface area contributed by atoms with E-state index in [9.17, 15) is 0 Å². The van der Waals surface area contributed by atoms with Gasteiger partial charge in [0.05, 0.1) is 6.10 Å². The summed E-state index contributed by atoms with van der Waals surface area (Å²) in [5.41, 5.74) is 1.43. The fraction of sp³-hybridized carbons (Fsp3) is 0.667. The van der Waals surface area contributed by atoms with Gasteiger partial charge in [0.1, 0.15) is 0 Å². The van der Waals surface area contributed by atoms with E-state index in [0.717, 1.165) is 19.7 Å². The molecule has 2 fully saturated rings. The number of piperazine rings is 1. The van der Waals surface area contributed by atoms with E-state index in [-0.39, 0.29) is 0 Å². The first-order valence-corrected chi connectivity index (χ1v) is 8.47. The van der Waals surface area contributed by atoms with Crippen molar-refractivity contribution in [1.82, 2.24) is 9.80 Å². The molecule has 0 radical (unpaired) electrons. The minimum Gasteiger partial charge on any atom is -0.377 e. The minimum absolute atomic E-state index is 0.489. The molecule has 0 N–H and O–H groups in total. The molecule has 3 heteroatoms. The monoisotopic (exact) mass is 288 g/mol. The molecule has 1 aromatic carbocycles. The van der Waals surface area contributed by atoms with Gasteiger partial charge in [0.2, 0.25) is 0 Å². The largest absolute Gasteiger partial charge is 0.377 e. The Balaban J connectivity index is 1.53. The molecule has 21 heavy (non-hydrogen) atoms. The van der Waals surface area contributed by atoms with Crippen LogP contribution in [0.15, 0.2) is 30.3 Å². The van der Waals surface area contributed by atoms with Crippen LogP contribution in [0.1, 0.15) is 31.7 Å². The second kappa shape index (κ2) is 7.39. The SMILES string of the molecule is CC[C@@H]1CN(C[C@@H]2CCCO2)CCN1Cc1ccccc1. The lowest BCUT2D eigenvalue weighted by Gasteiger charge is -2.42. The van der Waals surface area contributed by atoms with Gasteiger partial charge in [0.25, 0.3) is 0 Å². The van der Waals surface area contributed by atoms with Gasteiger partial charge in [-0.25, -0.2) is 0 Å². The molecule has 116 valence electrons. The molecule has 0 unspecified atom stereocenters. The summed E-state index contributed by atoms with van der Waals surface area (Å²) in [6, 6.07) is 11.5. The molecular weight excluding hydrogens is 260 g/mol. The summed E-state index contributed by atoms with van der Waals surface area (Å²) in [6.07, 6.45) is 4.22. The second-order valence-electron chi connectivity index (χ2n) is 6.41. The molecule has 2 atom stereocenters. The van der Waals surface area contributed by atoms with Crippen molar-refractivity contribution >= 4 is 0 Å². The zero-order valence-corrected chi connectivity index (χ0v) is 13.2. The van der Waals surface area contributed by atoms with E-state index < -0.39 is 0 Å². The third-order valence-corrected chi connectivity index (χ3v) is 4.87. The van der Waals surface area contributed by atoms with Crippen LogP contribution in [-0.4, -0.2) is 54.7 Å². The highest BCUT2D eigenvalue weighted by molar-refractivity contribution is 5.14. The maximum atomic E-state index is 5.79. The van der Waals surface area contributed by atoms with Crippen LogP contribution in [0.3, 0.4) is 0 Å². The number of ether oxygens (including phenoxy) is 1. The lowest BCUT2D eigenvalue weighted by atomic mass is 10.1. The quantitative estimate of drug-likeness (QED) is 0.828. The Morgan fingerprint density at radius 3 is 2.76 bits per heavy atom. The van der Waals surface area contributed by atoms with Gasteiger partial charge in [-0.2, -0.15) is 0 Å². The molecule has 0 spiro atoms. The highest BCUT2D eigenvalue weighted by Crippen LogP contribution is 2.19. The first kappa shape index (κ1) is 15.0. The van der Waals surface area contributed by atoms with Gasteiger partial charge in [-0.05, 0) is 24.8 Å². The molecule has 3 rings (SSSR count). The van der Waals surface area contributed by atoms with E-state index in [4.69, 9.17) is 4.74 Å². The highest BCUT2D eigenvalue weighted by atomic mass is 16.5. The Morgan fingerprint density at radius 1 is 1.19 bits per heavy atom. The van der Waals surface area contributed by atoms with E-state index in [2.05, 4.69) is 47.1 Å². The summed E-state index contributed by atoms with van der Waals surface area (Å²) in [6.45, 7) is 9.07. The molecular formula is C18H28N2O. The average Bonchev–Trinajstić information content (AvgIpc) is 3.03. The van der Waals surface area contributed by atoms with Crippen molar-refractivity contribution in [3.05, 3.63) is 35.9 Å². The van der Waals surface area contributed by atoms with Crippen LogP contribution in [0.5, 0.6) is 0 Å². The Hall–Kier alpha value is -0.900. The Labute approximate surface area is 128 Å². The maximum absolute atomic E-state index is 5.79. The lowest BCUT2D eigenvalue weighted by molar-refractivity contribution is 0.0234. The van der Waals surface area contributed by atoms with Gasteiger partial charge >= 0.3 is 0 Å². The summed E-state index contributed by atoms with van der Waals surface area (Å²) in [5, 5.41) is 0. The van der Waals surface area contributed by atoms with Crippen LogP contribution in [0.25, 0.3) is 0 Å². The van der Waals surface area contributed by atoms with Crippen LogP contribution in [0.4, 0.5) is 0 Å². The van der Waals surface area contributed by atoms with Crippen molar-refractivity contribution in [2.75, 3.05) is 32.8 Å². The van der Waals surface area contributed by atoms with Crippen LogP contribution in [0, 0.1) is 0 Å². The molecule has 0 amide bonds. The minimum atomic E-state index is 0.489. The van der Waals surface area contributed by atoms with E-state index >= 15 is 0 Å². The fourth-order valence-electron chi connectivity index (χ4n) is 3.61. The molecule has 0 aliphatic carbocycles. The fourth-order valence-corrected chi connectivity index (χ4v) is 3.61. The number of benzene rings is 1. The molecule has 0 saturated carbocycles. The lowest BCUT2D eigenvalue weighted by Crippen LogP contribution is -2.53. The van der Waals surface area contributed by atoms with Crippen LogP contribution < -0.4 is 0 Å². The number of rotatable bonds is 5. The molecule has 2 saturated heterocycles. The summed E-state index contributed by atoms with van der Waals surface area (Å²) >= 11 is 0. The third kappa shape index (κ3) is 4.06. The van der Waals surface area contributed by atoms with E-state index in [1.54, 1.807) is 0 Å². The molecule has 0 bridgehead atoms. The van der Waals surface area contributed by atoms with Gasteiger partial charge in [0.15, 0.2) is 0 Å². The smallest absolute Gasteiger partial charge is 0.0702 e. The van der Waals surface area contributed by atoms with Crippen molar-refractivity contribution in [2.45, 2.75) is 44.9 Å². The first-order valence-electron chi connectivity index (χ1n) is 8.47. The van der Waals surface area contributed by atoms with Crippen molar-refractivity contribution in [1.29, 1.82) is 0 Å². The number of hydrogen-bond acceptors (Lipinski definition) is 3. The highest BCUT2D eigenvalue weighted by Gasteiger charge is 2.28. The maximum Gasteiger partial charge on any atom is 0.0702 e. The van der Waals surface area contributed by atoms with Gasteiger partial charge in [-0.3, -0.25) is 9.80 Å². The molecule has 3 nitrogen and oxygen atoms in total. The summed E-state index contributed by atoms with van der Waals surface area (Å²) < 4.78 is 5.79. The van der Waals surface area contributed by atoms with E-state index in [1.165, 1.54) is 44.5 Å². The average molecular weight is 288 g/mol. The number of hydrogen-bond donors (Lipinski definition) is 0. The summed E-state index contributed by atoms with van der Waals surface area (Å²) in [5.74, 6) is 0. The van der Waals surface area contributed by atoms with Crippen LogP contribution >= 0.6 is 0 Å². The Morgan fingerprint density at radius 2 is 2.05 bits per heavy atom. The van der Waals surface area contributed by atoms with Crippen molar-refractivity contribution in [3.8, 4) is 0 Å². The summed E-state index contributed by atoms with van der Waals surface area (Å²) in [4.78, 5) is 5.27. The van der Waals surface area contributed by atoms with Crippen molar-refractivity contribution < 1.29 is 4.74 Å². The van der Waals surface area contributed by atoms with Crippen molar-refractivity contribution in [3.63, 3.8) is 0 Å². The molecule has 1 aromatic rings. The predicted octanol–water partition coefficient (Wildman–Crippen LogP) is 2.76. The van der Waals surface area contributed by atoms with Crippen molar-refractivity contribution in [2.24, 2.45) is 0 Å². The molecule has 2 aliphatic heterocycles. The molecule has 0 aromatic heterocycles. The van der Waals surface area contributed by atoms with Crippen LogP contribution in [-0.2, 0) is 11.3 Å². The van der Waals surface area contributed by atoms with Gasteiger partial charge in [0, 0.05) is 45.4 Å². The number of nitrogens with zero attached hydrogens (tertiary/aromatic N) is 2. The van der Waals surface area contributed by atoms with Gasteiger partial charge < -0.3 is 4.74 Å². The normalized spacial score (nSPS) is 28.0.